The predicted molar refractivity (Wildman–Crippen MR) is 72.6 cm³/mol. The van der Waals surface area contributed by atoms with E-state index in [0.717, 1.165) is 6.42 Å². The number of nitrogens with zero attached hydrogens (tertiary/aromatic N) is 1. The molecule has 0 aromatic carbocycles. The zero-order valence-electron chi connectivity index (χ0n) is 9.41. The van der Waals surface area contributed by atoms with Crippen LogP contribution in [0.15, 0.2) is 47.5 Å². The van der Waals surface area contributed by atoms with Crippen molar-refractivity contribution < 1.29 is 0 Å². The Morgan fingerprint density at radius 3 is 3.35 bits per heavy atom. The summed E-state index contributed by atoms with van der Waals surface area (Å²) in [7, 11) is 0. The molecule has 0 amide bonds. The minimum Gasteiger partial charge on any atom is -0.346 e. The van der Waals surface area contributed by atoms with Crippen LogP contribution in [0.4, 0.5) is 0 Å². The molecule has 2 unspecified atom stereocenters. The van der Waals surface area contributed by atoms with Crippen molar-refractivity contribution in [3.05, 3.63) is 57.3 Å². The normalized spacial score (nSPS) is 28.5. The summed E-state index contributed by atoms with van der Waals surface area (Å²) in [5, 5.41) is 3.53. The summed E-state index contributed by atoms with van der Waals surface area (Å²) < 4.78 is 1.43. The number of thiophene rings is 1. The summed E-state index contributed by atoms with van der Waals surface area (Å²) in [6, 6.07) is 2.70. The van der Waals surface area contributed by atoms with Gasteiger partial charge >= 0.3 is 0 Å². The van der Waals surface area contributed by atoms with Gasteiger partial charge in [-0.25, -0.2) is 0 Å². The van der Waals surface area contributed by atoms with Crippen LogP contribution >= 0.6 is 11.3 Å². The average molecular weight is 239 g/mol. The second-order valence-corrected chi connectivity index (χ2v) is 5.67. The Morgan fingerprint density at radius 2 is 2.35 bits per heavy atom. The Hall–Kier alpha value is -1.54. The highest BCUT2D eigenvalue weighted by Gasteiger charge is 2.30. The number of hydrogen-bond acceptors (Lipinski definition) is 2. The third-order valence-corrected chi connectivity index (χ3v) is 4.67. The van der Waals surface area contributed by atoms with E-state index in [1.54, 1.807) is 0 Å². The fraction of sp³-hybridized carbons (Fsp3) is 0.200. The Kier molecular flexibility index (Phi) is 1.94. The van der Waals surface area contributed by atoms with Crippen LogP contribution in [0, 0.1) is 5.92 Å². The maximum absolute atomic E-state index is 2.43. The standard InChI is InChI=1S/C15H13NS/c1-2-4-13-11(3-1)5-7-16-10-12-6-8-17-15(12)9-14(13)16/h1-3,5-10,13-14H,4H2. The summed E-state index contributed by atoms with van der Waals surface area (Å²) in [6.45, 7) is 0. The maximum Gasteiger partial charge on any atom is 0.0599 e. The molecule has 0 N–H and O–H groups in total. The molecule has 0 saturated heterocycles. The fourth-order valence-electron chi connectivity index (χ4n) is 2.88. The molecule has 1 nitrogen and oxygen atoms in total. The zero-order chi connectivity index (χ0) is 11.2. The molecule has 2 aliphatic heterocycles. The van der Waals surface area contributed by atoms with Crippen LogP contribution in [0.5, 0.6) is 0 Å². The van der Waals surface area contributed by atoms with E-state index in [0.29, 0.717) is 12.0 Å². The molecule has 1 aromatic heterocycles. The van der Waals surface area contributed by atoms with Crippen molar-refractivity contribution in [1.29, 1.82) is 0 Å². The molecule has 0 bridgehead atoms. The minimum atomic E-state index is 0.502. The first-order valence-electron chi connectivity index (χ1n) is 6.01. The largest absolute Gasteiger partial charge is 0.346 e. The fourth-order valence-corrected chi connectivity index (χ4v) is 3.72. The summed E-state index contributed by atoms with van der Waals surface area (Å²) in [5.41, 5.74) is 1.47. The summed E-state index contributed by atoms with van der Waals surface area (Å²) in [4.78, 5) is 2.36. The Morgan fingerprint density at radius 1 is 1.35 bits per heavy atom. The SMILES string of the molecule is C1=CCC2C(=C1)C=CN1C=c3ccsc3=CC21. The van der Waals surface area contributed by atoms with Gasteiger partial charge in [-0.05, 0) is 35.6 Å². The molecule has 3 heterocycles. The van der Waals surface area contributed by atoms with Gasteiger partial charge in [0.05, 0.1) is 6.04 Å². The van der Waals surface area contributed by atoms with Gasteiger partial charge in [-0.1, -0.05) is 18.2 Å². The quantitative estimate of drug-likeness (QED) is 0.669. The van der Waals surface area contributed by atoms with Gasteiger partial charge < -0.3 is 4.90 Å². The van der Waals surface area contributed by atoms with Gasteiger partial charge in [0.15, 0.2) is 0 Å². The summed E-state index contributed by atoms with van der Waals surface area (Å²) in [5.74, 6) is 0.622. The van der Waals surface area contributed by atoms with Crippen molar-refractivity contribution in [2.24, 2.45) is 5.92 Å². The van der Waals surface area contributed by atoms with Gasteiger partial charge in [0, 0.05) is 28.1 Å². The van der Waals surface area contributed by atoms with Crippen molar-refractivity contribution >= 4 is 23.6 Å². The van der Waals surface area contributed by atoms with Crippen LogP contribution in [-0.4, -0.2) is 10.9 Å². The molecule has 0 radical (unpaired) electrons. The molecular weight excluding hydrogens is 226 g/mol. The van der Waals surface area contributed by atoms with Crippen LogP contribution in [-0.2, 0) is 0 Å². The second-order valence-electron chi connectivity index (χ2n) is 4.73. The Labute approximate surface area is 104 Å². The highest BCUT2D eigenvalue weighted by Crippen LogP contribution is 2.33. The first kappa shape index (κ1) is 9.49. The van der Waals surface area contributed by atoms with E-state index >= 15 is 0 Å². The average Bonchev–Trinajstić information content (AvgIpc) is 2.83. The molecule has 2 atom stereocenters. The van der Waals surface area contributed by atoms with E-state index in [-0.39, 0.29) is 0 Å². The van der Waals surface area contributed by atoms with Crippen LogP contribution in [0.3, 0.4) is 0 Å². The zero-order valence-corrected chi connectivity index (χ0v) is 10.2. The van der Waals surface area contributed by atoms with Crippen molar-refractivity contribution in [2.75, 3.05) is 0 Å². The highest BCUT2D eigenvalue weighted by atomic mass is 32.1. The Balaban J connectivity index is 1.89. The van der Waals surface area contributed by atoms with Gasteiger partial charge in [0.1, 0.15) is 0 Å². The third kappa shape index (κ3) is 1.37. The smallest absolute Gasteiger partial charge is 0.0599 e. The third-order valence-electron chi connectivity index (χ3n) is 3.78. The van der Waals surface area contributed by atoms with Crippen LogP contribution in [0.1, 0.15) is 6.42 Å². The van der Waals surface area contributed by atoms with Gasteiger partial charge in [-0.15, -0.1) is 11.3 Å². The highest BCUT2D eigenvalue weighted by molar-refractivity contribution is 7.07. The van der Waals surface area contributed by atoms with Crippen LogP contribution in [0.25, 0.3) is 12.3 Å². The van der Waals surface area contributed by atoms with Crippen LogP contribution < -0.4 is 9.75 Å². The first-order valence-corrected chi connectivity index (χ1v) is 6.89. The topological polar surface area (TPSA) is 3.24 Å². The van der Waals surface area contributed by atoms with E-state index in [9.17, 15) is 0 Å². The Bertz CT molecular complexity index is 659. The lowest BCUT2D eigenvalue weighted by atomic mass is 9.82. The number of fused-ring (bicyclic) bond motifs is 4. The number of hydrogen-bond donors (Lipinski definition) is 0. The molecule has 4 rings (SSSR count). The summed E-state index contributed by atoms with van der Waals surface area (Å²) in [6.07, 6.45) is 17.0. The lowest BCUT2D eigenvalue weighted by Gasteiger charge is -2.38. The molecular formula is C15H13NS. The number of allylic oxidation sites excluding steroid dienone is 4. The maximum atomic E-state index is 2.43. The van der Waals surface area contributed by atoms with Crippen molar-refractivity contribution in [3.63, 3.8) is 0 Å². The van der Waals surface area contributed by atoms with Gasteiger partial charge in [0.2, 0.25) is 0 Å². The second kappa shape index (κ2) is 3.47. The molecule has 3 aliphatic rings. The predicted octanol–water partition coefficient (Wildman–Crippen LogP) is 1.98. The first-order chi connectivity index (χ1) is 8.42. The molecule has 2 heteroatoms. The van der Waals surface area contributed by atoms with E-state index in [4.69, 9.17) is 0 Å². The molecule has 0 saturated carbocycles. The van der Waals surface area contributed by atoms with Crippen molar-refractivity contribution in [1.82, 2.24) is 4.90 Å². The van der Waals surface area contributed by atoms with E-state index < -0.39 is 0 Å². The lowest BCUT2D eigenvalue weighted by molar-refractivity contribution is 0.363. The summed E-state index contributed by atoms with van der Waals surface area (Å²) >= 11 is 1.85. The lowest BCUT2D eigenvalue weighted by Crippen LogP contribution is -2.43. The monoisotopic (exact) mass is 239 g/mol. The molecule has 0 spiro atoms. The molecule has 84 valence electrons. The number of rotatable bonds is 0. The minimum absolute atomic E-state index is 0.502. The molecule has 17 heavy (non-hydrogen) atoms. The van der Waals surface area contributed by atoms with Crippen LogP contribution in [0.2, 0.25) is 0 Å². The van der Waals surface area contributed by atoms with Crippen molar-refractivity contribution in [3.8, 4) is 0 Å². The van der Waals surface area contributed by atoms with E-state index in [1.807, 2.05) is 11.3 Å². The van der Waals surface area contributed by atoms with Gasteiger partial charge in [-0.2, -0.15) is 0 Å². The molecule has 1 aromatic rings. The van der Waals surface area contributed by atoms with E-state index in [1.165, 1.54) is 15.3 Å². The molecule has 1 aliphatic carbocycles. The van der Waals surface area contributed by atoms with Gasteiger partial charge in [-0.3, -0.25) is 0 Å². The van der Waals surface area contributed by atoms with Crippen molar-refractivity contribution in [2.45, 2.75) is 12.5 Å². The van der Waals surface area contributed by atoms with E-state index in [2.05, 4.69) is 59.1 Å². The van der Waals surface area contributed by atoms with Gasteiger partial charge in [0.25, 0.3) is 0 Å². The molecule has 0 fully saturated rings.